The second kappa shape index (κ2) is 8.19. The number of fused-ring (bicyclic) bond motifs is 1. The first kappa shape index (κ1) is 17.5. The molecule has 0 unspecified atom stereocenters. The van der Waals surface area contributed by atoms with E-state index >= 15 is 0 Å². The average Bonchev–Trinajstić information content (AvgIpc) is 2.63. The number of nitrogens with one attached hydrogen (secondary N) is 1. The van der Waals surface area contributed by atoms with Gasteiger partial charge in [-0.2, -0.15) is 0 Å². The van der Waals surface area contributed by atoms with Crippen molar-refractivity contribution in [2.24, 2.45) is 0 Å². The van der Waals surface area contributed by atoms with Crippen molar-refractivity contribution in [1.29, 1.82) is 0 Å². The van der Waals surface area contributed by atoms with Gasteiger partial charge in [0, 0.05) is 23.2 Å². The van der Waals surface area contributed by atoms with Crippen molar-refractivity contribution >= 4 is 40.0 Å². The van der Waals surface area contributed by atoms with Crippen molar-refractivity contribution in [1.82, 2.24) is 10.3 Å². The van der Waals surface area contributed by atoms with Gasteiger partial charge in [-0.25, -0.2) is 0 Å². The summed E-state index contributed by atoms with van der Waals surface area (Å²) >= 11 is 12.0. The minimum absolute atomic E-state index is 0.0755. The number of hydrogen-bond acceptors (Lipinski definition) is 3. The van der Waals surface area contributed by atoms with Gasteiger partial charge in [-0.3, -0.25) is 9.78 Å². The maximum absolute atomic E-state index is 12.0. The van der Waals surface area contributed by atoms with Crippen molar-refractivity contribution in [3.05, 3.63) is 70.3 Å². The van der Waals surface area contributed by atoms with Gasteiger partial charge in [0.1, 0.15) is 11.3 Å². The molecule has 0 atom stereocenters. The topological polar surface area (TPSA) is 51.2 Å². The van der Waals surface area contributed by atoms with Gasteiger partial charge in [-0.15, -0.1) is 0 Å². The van der Waals surface area contributed by atoms with E-state index in [1.54, 1.807) is 18.3 Å². The monoisotopic (exact) mass is 374 g/mol. The summed E-state index contributed by atoms with van der Waals surface area (Å²) in [5.74, 6) is 0.348. The van der Waals surface area contributed by atoms with Gasteiger partial charge < -0.3 is 10.1 Å². The molecule has 4 nitrogen and oxygen atoms in total. The Bertz CT molecular complexity index is 882. The number of carbonyl (C=O) groups excluding carboxylic acids is 1. The summed E-state index contributed by atoms with van der Waals surface area (Å²) in [6, 6.07) is 14.7. The highest BCUT2D eigenvalue weighted by molar-refractivity contribution is 6.35. The molecule has 0 saturated heterocycles. The molecule has 2 aromatic carbocycles. The molecule has 1 N–H and O–H groups in total. The number of aromatic nitrogens is 1. The third-order valence-electron chi connectivity index (χ3n) is 3.69. The van der Waals surface area contributed by atoms with Gasteiger partial charge >= 0.3 is 0 Å². The molecule has 6 heteroatoms. The van der Waals surface area contributed by atoms with Gasteiger partial charge in [0.2, 0.25) is 0 Å². The zero-order valence-electron chi connectivity index (χ0n) is 13.3. The summed E-state index contributed by atoms with van der Waals surface area (Å²) in [4.78, 5) is 16.2. The predicted octanol–water partition coefficient (Wildman–Crippen LogP) is 4.28. The fraction of sp³-hybridized carbons (Fsp3) is 0.158. The molecule has 1 heterocycles. The molecule has 0 spiro atoms. The minimum atomic E-state index is -0.187. The Hall–Kier alpha value is -2.30. The Morgan fingerprint density at radius 3 is 2.68 bits per heavy atom. The molecule has 0 fully saturated rings. The highest BCUT2D eigenvalue weighted by Gasteiger charge is 2.09. The lowest BCUT2D eigenvalue weighted by Gasteiger charge is -2.10. The Morgan fingerprint density at radius 2 is 1.88 bits per heavy atom. The van der Waals surface area contributed by atoms with Gasteiger partial charge in [-0.05, 0) is 48.4 Å². The molecule has 1 aromatic heterocycles. The first-order chi connectivity index (χ1) is 12.1. The smallest absolute Gasteiger partial charge is 0.257 e. The van der Waals surface area contributed by atoms with Crippen LogP contribution in [0.2, 0.25) is 10.0 Å². The van der Waals surface area contributed by atoms with Gasteiger partial charge in [0.25, 0.3) is 5.91 Å². The third-order valence-corrected chi connectivity index (χ3v) is 4.27. The van der Waals surface area contributed by atoms with Crippen LogP contribution in [0, 0.1) is 0 Å². The number of benzene rings is 2. The third kappa shape index (κ3) is 4.62. The van der Waals surface area contributed by atoms with Gasteiger partial charge in [-0.1, -0.05) is 35.3 Å². The molecule has 0 aliphatic rings. The molecule has 3 aromatic rings. The molecule has 0 saturated carbocycles. The summed E-state index contributed by atoms with van der Waals surface area (Å²) in [6.45, 7) is 0.456. The molecular weight excluding hydrogens is 359 g/mol. The van der Waals surface area contributed by atoms with Crippen LogP contribution in [0.3, 0.4) is 0 Å². The van der Waals surface area contributed by atoms with E-state index in [0.29, 0.717) is 27.9 Å². The summed E-state index contributed by atoms with van der Waals surface area (Å²) < 4.78 is 5.60. The molecule has 0 aliphatic carbocycles. The van der Waals surface area contributed by atoms with E-state index in [1.807, 2.05) is 36.4 Å². The van der Waals surface area contributed by atoms with E-state index in [-0.39, 0.29) is 12.5 Å². The highest BCUT2D eigenvalue weighted by Crippen LogP contribution is 2.29. The Labute approximate surface area is 155 Å². The summed E-state index contributed by atoms with van der Waals surface area (Å²) in [6.07, 6.45) is 2.39. The maximum atomic E-state index is 12.0. The molecule has 0 bridgehead atoms. The largest absolute Gasteiger partial charge is 0.481 e. The molecule has 0 radical (unpaired) electrons. The first-order valence-corrected chi connectivity index (χ1v) is 8.56. The van der Waals surface area contributed by atoms with Crippen molar-refractivity contribution in [2.45, 2.75) is 6.42 Å². The Kier molecular flexibility index (Phi) is 5.74. The van der Waals surface area contributed by atoms with Crippen LogP contribution >= 0.6 is 23.2 Å². The van der Waals surface area contributed by atoms with Gasteiger partial charge in [0.15, 0.2) is 6.61 Å². The summed E-state index contributed by atoms with van der Waals surface area (Å²) in [5, 5.41) is 4.93. The van der Waals surface area contributed by atoms with E-state index in [9.17, 15) is 4.79 Å². The lowest BCUT2D eigenvalue weighted by Crippen LogP contribution is -2.30. The Balaban J connectivity index is 1.52. The molecular formula is C19H16Cl2N2O2. The summed E-state index contributed by atoms with van der Waals surface area (Å²) in [5.41, 5.74) is 1.75. The van der Waals surface area contributed by atoms with E-state index < -0.39 is 0 Å². The number of pyridine rings is 1. The maximum Gasteiger partial charge on any atom is 0.257 e. The minimum Gasteiger partial charge on any atom is -0.481 e. The fourth-order valence-electron chi connectivity index (χ4n) is 2.42. The van der Waals surface area contributed by atoms with E-state index in [0.717, 1.165) is 17.4 Å². The molecule has 25 heavy (non-hydrogen) atoms. The van der Waals surface area contributed by atoms with Crippen LogP contribution in [0.5, 0.6) is 5.75 Å². The van der Waals surface area contributed by atoms with Crippen LogP contribution in [-0.2, 0) is 11.2 Å². The van der Waals surface area contributed by atoms with Crippen LogP contribution in [0.4, 0.5) is 0 Å². The number of ether oxygens (including phenoxy) is 1. The number of halogens is 2. The average molecular weight is 375 g/mol. The fourth-order valence-corrected chi connectivity index (χ4v) is 2.76. The van der Waals surface area contributed by atoms with E-state index in [2.05, 4.69) is 10.3 Å². The lowest BCUT2D eigenvalue weighted by molar-refractivity contribution is -0.123. The molecule has 3 rings (SSSR count). The Morgan fingerprint density at radius 1 is 1.08 bits per heavy atom. The van der Waals surface area contributed by atoms with Crippen molar-refractivity contribution < 1.29 is 9.53 Å². The van der Waals surface area contributed by atoms with E-state index in [1.165, 1.54) is 0 Å². The first-order valence-electron chi connectivity index (χ1n) is 7.80. The molecule has 1 amide bonds. The number of amides is 1. The van der Waals surface area contributed by atoms with Crippen LogP contribution in [0.15, 0.2) is 54.7 Å². The summed E-state index contributed by atoms with van der Waals surface area (Å²) in [7, 11) is 0. The SMILES string of the molecule is O=C(COc1ccc(Cl)c2cccnc12)NCCc1ccc(Cl)cc1. The van der Waals surface area contributed by atoms with Gasteiger partial charge in [0.05, 0.1) is 5.02 Å². The van der Waals surface area contributed by atoms with Crippen LogP contribution in [0.1, 0.15) is 5.56 Å². The second-order valence-electron chi connectivity index (χ2n) is 5.46. The molecule has 128 valence electrons. The van der Waals surface area contributed by atoms with E-state index in [4.69, 9.17) is 27.9 Å². The number of rotatable bonds is 6. The zero-order chi connectivity index (χ0) is 17.6. The zero-order valence-corrected chi connectivity index (χ0v) is 14.8. The number of nitrogens with zero attached hydrogens (tertiary/aromatic N) is 1. The van der Waals surface area contributed by atoms with Crippen molar-refractivity contribution in [2.75, 3.05) is 13.2 Å². The highest BCUT2D eigenvalue weighted by atomic mass is 35.5. The van der Waals surface area contributed by atoms with Crippen LogP contribution in [0.25, 0.3) is 10.9 Å². The van der Waals surface area contributed by atoms with Crippen LogP contribution in [-0.4, -0.2) is 24.0 Å². The van der Waals surface area contributed by atoms with Crippen LogP contribution < -0.4 is 10.1 Å². The normalized spacial score (nSPS) is 10.6. The predicted molar refractivity (Wildman–Crippen MR) is 100 cm³/mol. The lowest BCUT2D eigenvalue weighted by atomic mass is 10.1. The molecule has 0 aliphatic heterocycles. The quantitative estimate of drug-likeness (QED) is 0.700. The van der Waals surface area contributed by atoms with Crippen molar-refractivity contribution in [3.63, 3.8) is 0 Å². The van der Waals surface area contributed by atoms with Crippen molar-refractivity contribution in [3.8, 4) is 5.75 Å². The standard InChI is InChI=1S/C19H16Cl2N2O2/c20-14-5-3-13(4-6-14)9-11-22-18(24)12-25-17-8-7-16(21)15-2-1-10-23-19(15)17/h1-8,10H,9,11-12H2,(H,22,24). The second-order valence-corrected chi connectivity index (χ2v) is 6.30. The number of carbonyl (C=O) groups is 1. The number of hydrogen-bond donors (Lipinski definition) is 1.